The molecule has 5 rings (SSSR count). The van der Waals surface area contributed by atoms with E-state index in [0.717, 1.165) is 42.5 Å². The van der Waals surface area contributed by atoms with Gasteiger partial charge in [0.05, 0.1) is 30.2 Å². The third kappa shape index (κ3) is 6.25. The van der Waals surface area contributed by atoms with Crippen LogP contribution in [-0.2, 0) is 20.5 Å². The summed E-state index contributed by atoms with van der Waals surface area (Å²) in [7, 11) is -3.29. The van der Waals surface area contributed by atoms with Crippen LogP contribution >= 0.6 is 0 Å². The summed E-state index contributed by atoms with van der Waals surface area (Å²) in [4.78, 5) is 8.91. The largest absolute Gasteiger partial charge is 0.489 e. The molecule has 10 heteroatoms. The Morgan fingerprint density at radius 3 is 2.57 bits per heavy atom. The van der Waals surface area contributed by atoms with Crippen LogP contribution in [-0.4, -0.2) is 55.1 Å². The standard InChI is InChI=1S/C27H29N5O4S/c28-18-22-17-21(5-8-26(22)36-24-10-15-35-16-11-24)25-9-12-29-27(31-25)30-23-6-3-20(4-7-23)19-37(33,34)32-13-1-2-14-32/h3-9,12,17,24H,1-2,10-11,13-16,19H2,(H,29,30,31). The van der Waals surface area contributed by atoms with E-state index in [2.05, 4.69) is 21.4 Å². The quantitative estimate of drug-likeness (QED) is 0.470. The summed E-state index contributed by atoms with van der Waals surface area (Å²) >= 11 is 0. The lowest BCUT2D eigenvalue weighted by molar-refractivity contribution is 0.0254. The van der Waals surface area contributed by atoms with Crippen molar-refractivity contribution in [3.8, 4) is 23.1 Å². The Bertz CT molecular complexity index is 1380. The molecular formula is C27H29N5O4S. The molecule has 3 aromatic rings. The maximum atomic E-state index is 12.6. The number of nitrogens with zero attached hydrogens (tertiary/aromatic N) is 4. The van der Waals surface area contributed by atoms with Crippen LogP contribution in [0.4, 0.5) is 11.6 Å². The fourth-order valence-corrected chi connectivity index (χ4v) is 6.12. The second-order valence-electron chi connectivity index (χ2n) is 9.20. The molecule has 9 nitrogen and oxygen atoms in total. The summed E-state index contributed by atoms with van der Waals surface area (Å²) in [5.41, 5.74) is 3.39. The highest BCUT2D eigenvalue weighted by Crippen LogP contribution is 2.28. The van der Waals surface area contributed by atoms with Gasteiger partial charge in [-0.05, 0) is 54.8 Å². The Morgan fingerprint density at radius 2 is 1.84 bits per heavy atom. The molecule has 0 spiro atoms. The first-order chi connectivity index (χ1) is 18.0. The van der Waals surface area contributed by atoms with E-state index < -0.39 is 10.0 Å². The molecular weight excluding hydrogens is 490 g/mol. The maximum absolute atomic E-state index is 12.6. The van der Waals surface area contributed by atoms with Gasteiger partial charge in [0.15, 0.2) is 0 Å². The molecule has 0 radical (unpaired) electrons. The van der Waals surface area contributed by atoms with E-state index in [-0.39, 0.29) is 11.9 Å². The Kier molecular flexibility index (Phi) is 7.65. The molecule has 1 N–H and O–H groups in total. The number of benzene rings is 2. The number of rotatable bonds is 8. The van der Waals surface area contributed by atoms with Gasteiger partial charge in [-0.15, -0.1) is 0 Å². The van der Waals surface area contributed by atoms with E-state index in [4.69, 9.17) is 9.47 Å². The fourth-order valence-electron chi connectivity index (χ4n) is 4.51. The van der Waals surface area contributed by atoms with Crippen molar-refractivity contribution in [2.24, 2.45) is 0 Å². The van der Waals surface area contributed by atoms with Gasteiger partial charge < -0.3 is 14.8 Å². The fraction of sp³-hybridized carbons (Fsp3) is 0.370. The number of nitriles is 1. The number of hydrogen-bond donors (Lipinski definition) is 1. The van der Waals surface area contributed by atoms with Crippen molar-refractivity contribution in [2.45, 2.75) is 37.5 Å². The average molecular weight is 520 g/mol. The van der Waals surface area contributed by atoms with Gasteiger partial charge in [-0.25, -0.2) is 22.7 Å². The molecule has 192 valence electrons. The van der Waals surface area contributed by atoms with Gasteiger partial charge in [-0.1, -0.05) is 12.1 Å². The van der Waals surface area contributed by atoms with Crippen molar-refractivity contribution in [3.05, 3.63) is 65.9 Å². The van der Waals surface area contributed by atoms with Gasteiger partial charge >= 0.3 is 0 Å². The van der Waals surface area contributed by atoms with Gasteiger partial charge in [-0.2, -0.15) is 5.26 Å². The van der Waals surface area contributed by atoms with Gasteiger partial charge in [-0.3, -0.25) is 0 Å². The summed E-state index contributed by atoms with van der Waals surface area (Å²) in [6, 6.07) is 16.7. The van der Waals surface area contributed by atoms with Crippen LogP contribution in [0.3, 0.4) is 0 Å². The van der Waals surface area contributed by atoms with Crippen LogP contribution in [0.25, 0.3) is 11.3 Å². The first-order valence-electron chi connectivity index (χ1n) is 12.5. The number of sulfonamides is 1. The summed E-state index contributed by atoms with van der Waals surface area (Å²) < 4.78 is 38.1. The van der Waals surface area contributed by atoms with Crippen LogP contribution < -0.4 is 10.1 Å². The predicted octanol–water partition coefficient (Wildman–Crippen LogP) is 4.24. The Labute approximate surface area is 217 Å². The van der Waals surface area contributed by atoms with E-state index in [9.17, 15) is 13.7 Å². The topological polar surface area (TPSA) is 117 Å². The molecule has 0 bridgehead atoms. The van der Waals surface area contributed by atoms with E-state index in [1.54, 1.807) is 34.8 Å². The minimum atomic E-state index is -3.29. The lowest BCUT2D eigenvalue weighted by Crippen LogP contribution is -2.29. The second-order valence-corrected chi connectivity index (χ2v) is 11.2. The van der Waals surface area contributed by atoms with E-state index in [1.807, 2.05) is 24.3 Å². The zero-order chi connectivity index (χ0) is 25.7. The van der Waals surface area contributed by atoms with Crippen LogP contribution in [0.2, 0.25) is 0 Å². The molecule has 2 aliphatic rings. The second kappa shape index (κ2) is 11.3. The van der Waals surface area contributed by atoms with Gasteiger partial charge in [0.25, 0.3) is 0 Å². The molecule has 3 heterocycles. The van der Waals surface area contributed by atoms with Crippen molar-refractivity contribution >= 4 is 21.7 Å². The van der Waals surface area contributed by atoms with Crippen LogP contribution in [0.15, 0.2) is 54.7 Å². The zero-order valence-electron chi connectivity index (χ0n) is 20.5. The smallest absolute Gasteiger partial charge is 0.227 e. The van der Waals surface area contributed by atoms with E-state index in [1.165, 1.54) is 0 Å². The summed E-state index contributed by atoms with van der Waals surface area (Å²) in [6.45, 7) is 2.55. The third-order valence-corrected chi connectivity index (χ3v) is 8.38. The summed E-state index contributed by atoms with van der Waals surface area (Å²) in [6.07, 6.45) is 5.17. The molecule has 0 amide bonds. The molecule has 37 heavy (non-hydrogen) atoms. The van der Waals surface area contributed by atoms with E-state index >= 15 is 0 Å². The molecule has 0 aliphatic carbocycles. The van der Waals surface area contributed by atoms with Gasteiger partial charge in [0.2, 0.25) is 16.0 Å². The molecule has 2 aromatic carbocycles. The normalized spacial score (nSPS) is 16.8. The highest BCUT2D eigenvalue weighted by atomic mass is 32.2. The minimum Gasteiger partial charge on any atom is -0.489 e. The first-order valence-corrected chi connectivity index (χ1v) is 14.1. The van der Waals surface area contributed by atoms with Crippen LogP contribution in [0.5, 0.6) is 5.75 Å². The maximum Gasteiger partial charge on any atom is 0.227 e. The Balaban J connectivity index is 1.26. The number of nitrogens with one attached hydrogen (secondary N) is 1. The molecule has 2 fully saturated rings. The van der Waals surface area contributed by atoms with Gasteiger partial charge in [0, 0.05) is 43.4 Å². The number of hydrogen-bond acceptors (Lipinski definition) is 8. The third-order valence-electron chi connectivity index (χ3n) is 6.53. The number of anilines is 2. The predicted molar refractivity (Wildman–Crippen MR) is 140 cm³/mol. The SMILES string of the molecule is N#Cc1cc(-c2ccnc(Nc3ccc(CS(=O)(=O)N4CCCC4)cc3)n2)ccc1OC1CCOCC1. The lowest BCUT2D eigenvalue weighted by atomic mass is 10.1. The van der Waals surface area contributed by atoms with Crippen molar-refractivity contribution in [3.63, 3.8) is 0 Å². The summed E-state index contributed by atoms with van der Waals surface area (Å²) in [5.74, 6) is 0.961. The van der Waals surface area contributed by atoms with Crippen molar-refractivity contribution in [2.75, 3.05) is 31.6 Å². The lowest BCUT2D eigenvalue weighted by Gasteiger charge is -2.23. The molecule has 0 unspecified atom stereocenters. The van der Waals surface area contributed by atoms with Crippen molar-refractivity contribution in [1.29, 1.82) is 5.26 Å². The first kappa shape index (κ1) is 25.1. The Morgan fingerprint density at radius 1 is 1.08 bits per heavy atom. The minimum absolute atomic E-state index is 0.00523. The number of aromatic nitrogens is 2. The van der Waals surface area contributed by atoms with Gasteiger partial charge in [0.1, 0.15) is 17.9 Å². The molecule has 0 atom stereocenters. The molecule has 2 saturated heterocycles. The monoisotopic (exact) mass is 519 g/mol. The highest BCUT2D eigenvalue weighted by Gasteiger charge is 2.25. The van der Waals surface area contributed by atoms with E-state index in [0.29, 0.717) is 49.3 Å². The van der Waals surface area contributed by atoms with Crippen LogP contribution in [0.1, 0.15) is 36.8 Å². The zero-order valence-corrected chi connectivity index (χ0v) is 21.3. The molecule has 1 aromatic heterocycles. The van der Waals surface area contributed by atoms with Crippen molar-refractivity contribution < 1.29 is 17.9 Å². The average Bonchev–Trinajstić information content (AvgIpc) is 3.47. The van der Waals surface area contributed by atoms with Crippen molar-refractivity contribution in [1.82, 2.24) is 14.3 Å². The molecule has 2 aliphatic heterocycles. The van der Waals surface area contributed by atoms with Crippen LogP contribution in [0, 0.1) is 11.3 Å². The highest BCUT2D eigenvalue weighted by molar-refractivity contribution is 7.88. The molecule has 0 saturated carbocycles. The summed E-state index contributed by atoms with van der Waals surface area (Å²) in [5, 5.41) is 12.9. The Hall–Kier alpha value is -3.52. The number of ether oxygens (including phenoxy) is 2.